The highest BCUT2D eigenvalue weighted by atomic mass is 35.5. The van der Waals surface area contributed by atoms with Gasteiger partial charge in [0.1, 0.15) is 23.3 Å². The van der Waals surface area contributed by atoms with Crippen LogP contribution >= 0.6 is 24.8 Å². The number of anilines is 3. The first-order valence-electron chi connectivity index (χ1n) is 10.0. The van der Waals surface area contributed by atoms with Crippen molar-refractivity contribution in [3.8, 4) is 0 Å². The summed E-state index contributed by atoms with van der Waals surface area (Å²) in [6, 6.07) is 9.51. The number of pyridine rings is 1. The number of hydrogen-bond acceptors (Lipinski definition) is 7. The van der Waals surface area contributed by atoms with Gasteiger partial charge in [-0.25, -0.2) is 14.4 Å². The molecule has 11 heteroatoms. The van der Waals surface area contributed by atoms with Gasteiger partial charge < -0.3 is 20.3 Å². The number of benzene rings is 1. The van der Waals surface area contributed by atoms with Crippen molar-refractivity contribution in [1.82, 2.24) is 19.9 Å². The predicted molar refractivity (Wildman–Crippen MR) is 129 cm³/mol. The molecule has 1 fully saturated rings. The Morgan fingerprint density at radius 2 is 1.79 bits per heavy atom. The maximum absolute atomic E-state index is 13.3. The second kappa shape index (κ2) is 12.3. The molecule has 8 nitrogen and oxygen atoms in total. The minimum absolute atomic E-state index is 0. The van der Waals surface area contributed by atoms with Gasteiger partial charge in [-0.3, -0.25) is 9.78 Å². The standard InChI is InChI=1S/C22H23FN6O2.2ClH/c1-15(16-2-4-17(23)5-3-16)26-21-18(22(30)29-10-12-31-13-11-29)6-7-19(28-21)27-20-14-24-8-9-25-20;;/h2-9,14-15H,10-13H2,1H3,(H2,25,26,27,28);2*1H. The number of hydrogen-bond donors (Lipinski definition) is 2. The van der Waals surface area contributed by atoms with Gasteiger partial charge in [-0.2, -0.15) is 0 Å². The third-order valence-electron chi connectivity index (χ3n) is 4.97. The van der Waals surface area contributed by atoms with Crippen molar-refractivity contribution < 1.29 is 13.9 Å². The van der Waals surface area contributed by atoms with Crippen molar-refractivity contribution in [2.75, 3.05) is 36.9 Å². The second-order valence-electron chi connectivity index (χ2n) is 7.13. The number of nitrogens with zero attached hydrogens (tertiary/aromatic N) is 4. The molecule has 1 saturated heterocycles. The molecule has 2 aromatic heterocycles. The fraction of sp³-hybridized carbons (Fsp3) is 0.273. The number of morpholine rings is 1. The van der Waals surface area contributed by atoms with Gasteiger partial charge in [0.05, 0.1) is 25.0 Å². The number of rotatable bonds is 6. The zero-order valence-electron chi connectivity index (χ0n) is 17.9. The maximum atomic E-state index is 13.3. The van der Waals surface area contributed by atoms with Gasteiger partial charge in [-0.15, -0.1) is 24.8 Å². The quantitative estimate of drug-likeness (QED) is 0.529. The SMILES string of the molecule is CC(Nc1nc(Nc2cnccn2)ccc1C(=O)N1CCOCC1)c1ccc(F)cc1.Cl.Cl. The molecule has 1 aliphatic heterocycles. The van der Waals surface area contributed by atoms with E-state index in [1.807, 2.05) is 6.92 Å². The van der Waals surface area contributed by atoms with Gasteiger partial charge in [0.15, 0.2) is 0 Å². The first-order valence-corrected chi connectivity index (χ1v) is 10.0. The van der Waals surface area contributed by atoms with Crippen molar-refractivity contribution in [1.29, 1.82) is 0 Å². The fourth-order valence-electron chi connectivity index (χ4n) is 3.28. The molecular formula is C22H25Cl2FN6O2. The highest BCUT2D eigenvalue weighted by molar-refractivity contribution is 5.99. The topological polar surface area (TPSA) is 92.3 Å². The van der Waals surface area contributed by atoms with Crippen LogP contribution in [-0.2, 0) is 4.74 Å². The summed E-state index contributed by atoms with van der Waals surface area (Å²) in [4.78, 5) is 27.8. The van der Waals surface area contributed by atoms with E-state index >= 15 is 0 Å². The Balaban J connectivity index is 0.00000193. The molecule has 0 radical (unpaired) electrons. The van der Waals surface area contributed by atoms with Crippen LogP contribution in [0, 0.1) is 5.82 Å². The van der Waals surface area contributed by atoms with Crippen molar-refractivity contribution in [3.05, 3.63) is 71.9 Å². The molecule has 4 rings (SSSR count). The molecule has 1 unspecified atom stereocenters. The Kier molecular flexibility index (Phi) is 9.77. The number of amides is 1. The van der Waals surface area contributed by atoms with Crippen LogP contribution in [0.3, 0.4) is 0 Å². The van der Waals surface area contributed by atoms with E-state index in [-0.39, 0.29) is 42.6 Å². The fourth-order valence-corrected chi connectivity index (χ4v) is 3.28. The minimum Gasteiger partial charge on any atom is -0.378 e. The molecule has 1 aromatic carbocycles. The highest BCUT2D eigenvalue weighted by Gasteiger charge is 2.23. The Morgan fingerprint density at radius 1 is 1.06 bits per heavy atom. The molecule has 0 spiro atoms. The van der Waals surface area contributed by atoms with Gasteiger partial charge in [0, 0.05) is 31.5 Å². The molecular weight excluding hydrogens is 470 g/mol. The van der Waals surface area contributed by atoms with E-state index in [2.05, 4.69) is 25.6 Å². The van der Waals surface area contributed by atoms with E-state index < -0.39 is 0 Å². The summed E-state index contributed by atoms with van der Waals surface area (Å²) in [5.74, 6) is 1.08. The van der Waals surface area contributed by atoms with E-state index in [0.29, 0.717) is 49.3 Å². The first kappa shape index (κ1) is 26.2. The van der Waals surface area contributed by atoms with Gasteiger partial charge in [0.2, 0.25) is 0 Å². The molecule has 0 aliphatic carbocycles. The molecule has 3 heterocycles. The lowest BCUT2D eigenvalue weighted by atomic mass is 10.1. The zero-order valence-corrected chi connectivity index (χ0v) is 19.5. The van der Waals surface area contributed by atoms with Crippen LogP contribution in [-0.4, -0.2) is 52.1 Å². The van der Waals surface area contributed by atoms with Gasteiger partial charge >= 0.3 is 0 Å². The molecule has 3 aromatic rings. The van der Waals surface area contributed by atoms with Crippen LogP contribution < -0.4 is 10.6 Å². The van der Waals surface area contributed by atoms with Crippen molar-refractivity contribution in [2.45, 2.75) is 13.0 Å². The Labute approximate surface area is 203 Å². The number of halogens is 3. The number of carbonyl (C=O) groups is 1. The van der Waals surface area contributed by atoms with E-state index in [0.717, 1.165) is 5.56 Å². The third-order valence-corrected chi connectivity index (χ3v) is 4.97. The average molecular weight is 495 g/mol. The molecule has 0 bridgehead atoms. The highest BCUT2D eigenvalue weighted by Crippen LogP contribution is 2.25. The molecule has 1 amide bonds. The van der Waals surface area contributed by atoms with Crippen LogP contribution in [0.1, 0.15) is 28.9 Å². The monoisotopic (exact) mass is 494 g/mol. The van der Waals surface area contributed by atoms with Gasteiger partial charge in [-0.1, -0.05) is 12.1 Å². The van der Waals surface area contributed by atoms with Gasteiger partial charge in [0.25, 0.3) is 5.91 Å². The first-order chi connectivity index (χ1) is 15.1. The molecule has 33 heavy (non-hydrogen) atoms. The van der Waals surface area contributed by atoms with Crippen LogP contribution in [0.4, 0.5) is 21.8 Å². The minimum atomic E-state index is -0.299. The normalized spacial score (nSPS) is 13.8. The lowest BCUT2D eigenvalue weighted by Crippen LogP contribution is -2.41. The number of carbonyl (C=O) groups excluding carboxylic acids is 1. The summed E-state index contributed by atoms with van der Waals surface area (Å²) in [5, 5.41) is 6.40. The summed E-state index contributed by atoms with van der Waals surface area (Å²) < 4.78 is 18.7. The summed E-state index contributed by atoms with van der Waals surface area (Å²) in [6.45, 7) is 4.03. The van der Waals surface area contributed by atoms with Gasteiger partial charge in [-0.05, 0) is 36.8 Å². The molecule has 176 valence electrons. The maximum Gasteiger partial charge on any atom is 0.257 e. The molecule has 1 aliphatic rings. The Bertz CT molecular complexity index is 1040. The Hall–Kier alpha value is -3.01. The van der Waals surface area contributed by atoms with E-state index in [1.54, 1.807) is 47.8 Å². The van der Waals surface area contributed by atoms with Crippen LogP contribution in [0.15, 0.2) is 55.0 Å². The Morgan fingerprint density at radius 3 is 2.45 bits per heavy atom. The second-order valence-corrected chi connectivity index (χ2v) is 7.13. The van der Waals surface area contributed by atoms with Crippen molar-refractivity contribution >= 4 is 48.2 Å². The molecule has 0 saturated carbocycles. The van der Waals surface area contributed by atoms with E-state index in [1.165, 1.54) is 12.1 Å². The van der Waals surface area contributed by atoms with Crippen LogP contribution in [0.5, 0.6) is 0 Å². The zero-order chi connectivity index (χ0) is 21.6. The average Bonchev–Trinajstić information content (AvgIpc) is 2.80. The van der Waals surface area contributed by atoms with E-state index in [9.17, 15) is 9.18 Å². The summed E-state index contributed by atoms with van der Waals surface area (Å²) in [6.07, 6.45) is 4.75. The number of nitrogens with one attached hydrogen (secondary N) is 2. The summed E-state index contributed by atoms with van der Waals surface area (Å²) in [5.41, 5.74) is 1.33. The largest absolute Gasteiger partial charge is 0.378 e. The number of ether oxygens (including phenoxy) is 1. The predicted octanol–water partition coefficient (Wildman–Crippen LogP) is 4.24. The number of aromatic nitrogens is 3. The van der Waals surface area contributed by atoms with Crippen molar-refractivity contribution in [2.24, 2.45) is 0 Å². The third kappa shape index (κ3) is 6.74. The lowest BCUT2D eigenvalue weighted by Gasteiger charge is -2.28. The smallest absolute Gasteiger partial charge is 0.257 e. The van der Waals surface area contributed by atoms with E-state index in [4.69, 9.17) is 4.74 Å². The van der Waals surface area contributed by atoms with Crippen LogP contribution in [0.2, 0.25) is 0 Å². The van der Waals surface area contributed by atoms with Crippen LogP contribution in [0.25, 0.3) is 0 Å². The lowest BCUT2D eigenvalue weighted by molar-refractivity contribution is 0.0303. The summed E-state index contributed by atoms with van der Waals surface area (Å²) in [7, 11) is 0. The molecule has 1 atom stereocenters. The van der Waals surface area contributed by atoms with Crippen molar-refractivity contribution in [3.63, 3.8) is 0 Å². The molecule has 2 N–H and O–H groups in total. The summed E-state index contributed by atoms with van der Waals surface area (Å²) >= 11 is 0.